The van der Waals surface area contributed by atoms with Crippen molar-refractivity contribution in [3.05, 3.63) is 11.8 Å². The summed E-state index contributed by atoms with van der Waals surface area (Å²) in [6, 6.07) is 0. The molecule has 0 atom stereocenters. The summed E-state index contributed by atoms with van der Waals surface area (Å²) >= 11 is 0. The first kappa shape index (κ1) is 26.2. The lowest BCUT2D eigenvalue weighted by atomic mass is 10.1. The Kier molecular flexibility index (Phi) is 22.5. The zero-order chi connectivity index (χ0) is 19.8. The van der Waals surface area contributed by atoms with Gasteiger partial charge in [0, 0.05) is 0 Å². The van der Waals surface area contributed by atoms with Gasteiger partial charge in [0.2, 0.25) is 0 Å². The van der Waals surface area contributed by atoms with Crippen LogP contribution in [0.15, 0.2) is 11.8 Å². The fourth-order valence-electron chi connectivity index (χ4n) is 3.17. The van der Waals surface area contributed by atoms with Crippen LogP contribution in [0.2, 0.25) is 0 Å². The van der Waals surface area contributed by atoms with E-state index in [1.165, 1.54) is 89.9 Å². The number of allylic oxidation sites excluding steroid dienone is 2. The van der Waals surface area contributed by atoms with E-state index >= 15 is 0 Å². The van der Waals surface area contributed by atoms with E-state index in [4.69, 9.17) is 9.47 Å². The topological polar surface area (TPSA) is 35.5 Å². The van der Waals surface area contributed by atoms with Crippen LogP contribution in [0, 0.1) is 0 Å². The second-order valence-electron chi connectivity index (χ2n) is 7.63. The third-order valence-corrected chi connectivity index (χ3v) is 4.97. The van der Waals surface area contributed by atoms with Gasteiger partial charge in [0.05, 0.1) is 6.61 Å². The van der Waals surface area contributed by atoms with Crippen molar-refractivity contribution in [2.45, 2.75) is 123 Å². The molecule has 0 bridgehead atoms. The number of unbranched alkanes of at least 4 members (excludes halogenated alkanes) is 15. The highest BCUT2D eigenvalue weighted by molar-refractivity contribution is 5.69. The molecule has 0 spiro atoms. The summed E-state index contributed by atoms with van der Waals surface area (Å²) in [6.07, 6.45) is 24.4. The van der Waals surface area contributed by atoms with Crippen LogP contribution in [-0.4, -0.2) is 19.7 Å². The van der Waals surface area contributed by atoms with Gasteiger partial charge in [-0.2, -0.15) is 0 Å². The molecule has 0 heterocycles. The Morgan fingerprint density at radius 3 is 1.67 bits per heavy atom. The van der Waals surface area contributed by atoms with E-state index in [2.05, 4.69) is 13.8 Å². The van der Waals surface area contributed by atoms with E-state index in [0.29, 0.717) is 5.76 Å². The van der Waals surface area contributed by atoms with Crippen LogP contribution in [0.4, 0.5) is 0 Å². The van der Waals surface area contributed by atoms with E-state index in [9.17, 15) is 4.79 Å². The Hall–Kier alpha value is -0.830. The Bertz CT molecular complexity index is 326. The first-order valence-corrected chi connectivity index (χ1v) is 11.7. The summed E-state index contributed by atoms with van der Waals surface area (Å²) in [4.78, 5) is 11.0. The zero-order valence-electron chi connectivity index (χ0n) is 18.3. The summed E-state index contributed by atoms with van der Waals surface area (Å²) in [7, 11) is 0. The number of carbonyl (C=O) groups is 1. The van der Waals surface area contributed by atoms with Gasteiger partial charge in [-0.05, 0) is 25.3 Å². The van der Waals surface area contributed by atoms with Crippen LogP contribution >= 0.6 is 0 Å². The third kappa shape index (κ3) is 21.3. The number of hydrogen-bond acceptors (Lipinski definition) is 3. The fraction of sp³-hybridized carbons (Fsp3) is 0.875. The maximum atomic E-state index is 11.0. The van der Waals surface area contributed by atoms with Crippen molar-refractivity contribution < 1.29 is 14.3 Å². The highest BCUT2D eigenvalue weighted by Crippen LogP contribution is 2.11. The number of ether oxygens (including phenoxy) is 2. The van der Waals surface area contributed by atoms with Crippen LogP contribution in [0.1, 0.15) is 123 Å². The summed E-state index contributed by atoms with van der Waals surface area (Å²) < 4.78 is 10.9. The summed E-state index contributed by atoms with van der Waals surface area (Å²) in [6.45, 7) is 5.42. The highest BCUT2D eigenvalue weighted by atomic mass is 16.7. The second-order valence-corrected chi connectivity index (χ2v) is 7.63. The van der Waals surface area contributed by atoms with Crippen LogP contribution in [0.5, 0.6) is 0 Å². The van der Waals surface area contributed by atoms with Gasteiger partial charge >= 0.3 is 0 Å². The lowest BCUT2D eigenvalue weighted by Gasteiger charge is -2.07. The van der Waals surface area contributed by atoms with Crippen molar-refractivity contribution >= 4 is 6.29 Å². The molecule has 0 saturated carbocycles. The molecule has 0 aliphatic heterocycles. The van der Waals surface area contributed by atoms with Crippen molar-refractivity contribution in [3.63, 3.8) is 0 Å². The normalized spacial score (nSPS) is 11.7. The van der Waals surface area contributed by atoms with E-state index < -0.39 is 0 Å². The van der Waals surface area contributed by atoms with Gasteiger partial charge in [0.15, 0.2) is 18.8 Å². The molecule has 0 N–H and O–H groups in total. The lowest BCUT2D eigenvalue weighted by Crippen LogP contribution is -2.02. The predicted octanol–water partition coefficient (Wildman–Crippen LogP) is 7.73. The highest BCUT2D eigenvalue weighted by Gasteiger charge is 1.97. The van der Waals surface area contributed by atoms with Gasteiger partial charge in [-0.25, -0.2) is 0 Å². The SMILES string of the molecule is CCCCCCCCCCC=C(C=O)OCOCCCCCCCCCC. The van der Waals surface area contributed by atoms with Crippen LogP contribution in [0.3, 0.4) is 0 Å². The monoisotopic (exact) mass is 382 g/mol. The lowest BCUT2D eigenvalue weighted by molar-refractivity contribution is -0.111. The Morgan fingerprint density at radius 2 is 1.15 bits per heavy atom. The van der Waals surface area contributed by atoms with Gasteiger partial charge in [-0.1, -0.05) is 104 Å². The molecule has 0 aliphatic rings. The molecule has 3 nitrogen and oxygen atoms in total. The summed E-state index contributed by atoms with van der Waals surface area (Å²) in [5.74, 6) is 0.425. The molecule has 0 radical (unpaired) electrons. The first-order chi connectivity index (χ1) is 13.3. The van der Waals surface area contributed by atoms with Crippen LogP contribution in [0.25, 0.3) is 0 Å². The molecule has 3 heteroatoms. The number of carbonyl (C=O) groups excluding carboxylic acids is 1. The maximum absolute atomic E-state index is 11.0. The second kappa shape index (κ2) is 23.2. The molecular formula is C24H46O3. The van der Waals surface area contributed by atoms with Crippen molar-refractivity contribution in [2.75, 3.05) is 13.4 Å². The Morgan fingerprint density at radius 1 is 0.667 bits per heavy atom. The van der Waals surface area contributed by atoms with Gasteiger partial charge in [-0.15, -0.1) is 0 Å². The van der Waals surface area contributed by atoms with E-state index in [1.807, 2.05) is 6.08 Å². The first-order valence-electron chi connectivity index (χ1n) is 11.7. The molecule has 27 heavy (non-hydrogen) atoms. The molecule has 0 aromatic carbocycles. The fourth-order valence-corrected chi connectivity index (χ4v) is 3.17. The van der Waals surface area contributed by atoms with Crippen molar-refractivity contribution in [3.8, 4) is 0 Å². The molecule has 0 saturated heterocycles. The zero-order valence-corrected chi connectivity index (χ0v) is 18.3. The Labute approximate surface area is 169 Å². The number of hydrogen-bond donors (Lipinski definition) is 0. The smallest absolute Gasteiger partial charge is 0.189 e. The van der Waals surface area contributed by atoms with Gasteiger partial charge in [-0.3, -0.25) is 4.79 Å². The quantitative estimate of drug-likeness (QED) is 0.0631. The third-order valence-electron chi connectivity index (χ3n) is 4.97. The van der Waals surface area contributed by atoms with Gasteiger partial charge < -0.3 is 9.47 Å². The molecule has 0 fully saturated rings. The average molecular weight is 383 g/mol. The van der Waals surface area contributed by atoms with Crippen molar-refractivity contribution in [2.24, 2.45) is 0 Å². The number of rotatable bonds is 22. The Balaban J connectivity index is 3.39. The predicted molar refractivity (Wildman–Crippen MR) is 116 cm³/mol. The number of aldehydes is 1. The minimum atomic E-state index is 0.193. The van der Waals surface area contributed by atoms with E-state index in [1.54, 1.807) is 0 Å². The van der Waals surface area contributed by atoms with Crippen LogP contribution in [-0.2, 0) is 14.3 Å². The van der Waals surface area contributed by atoms with E-state index in [-0.39, 0.29) is 6.79 Å². The van der Waals surface area contributed by atoms with Crippen LogP contribution < -0.4 is 0 Å². The molecular weight excluding hydrogens is 336 g/mol. The molecule has 0 unspecified atom stereocenters. The van der Waals surface area contributed by atoms with E-state index in [0.717, 1.165) is 32.2 Å². The summed E-state index contributed by atoms with van der Waals surface area (Å²) in [5.41, 5.74) is 0. The minimum absolute atomic E-state index is 0.193. The molecule has 0 aromatic heterocycles. The van der Waals surface area contributed by atoms with Crippen molar-refractivity contribution in [1.29, 1.82) is 0 Å². The molecule has 0 aliphatic carbocycles. The largest absolute Gasteiger partial charge is 0.464 e. The van der Waals surface area contributed by atoms with Gasteiger partial charge in [0.25, 0.3) is 0 Å². The maximum Gasteiger partial charge on any atom is 0.189 e. The molecule has 0 amide bonds. The molecule has 160 valence electrons. The standard InChI is InChI=1S/C24H46O3/c1-3-5-7-9-11-13-14-16-18-20-24(22-25)27-23-26-21-19-17-15-12-10-8-6-4-2/h20,22H,3-19,21,23H2,1-2H3. The average Bonchev–Trinajstić information content (AvgIpc) is 2.69. The molecule has 0 aromatic rings. The van der Waals surface area contributed by atoms with Crippen molar-refractivity contribution in [1.82, 2.24) is 0 Å². The van der Waals surface area contributed by atoms with Gasteiger partial charge in [0.1, 0.15) is 0 Å². The summed E-state index contributed by atoms with van der Waals surface area (Å²) in [5, 5.41) is 0. The minimum Gasteiger partial charge on any atom is -0.464 e. The molecule has 0 rings (SSSR count).